The molecule has 0 saturated heterocycles. The number of ether oxygens (including phenoxy) is 1. The molecule has 0 bridgehead atoms. The third-order valence-electron chi connectivity index (χ3n) is 8.51. The maximum absolute atomic E-state index is 14.7. The number of anilines is 1. The lowest BCUT2D eigenvalue weighted by Crippen LogP contribution is -2.55. The minimum atomic E-state index is -4.30. The molecule has 1 N–H and O–H groups in total. The first-order valence-corrected chi connectivity index (χ1v) is 18.6. The van der Waals surface area contributed by atoms with E-state index in [4.69, 9.17) is 16.3 Å². The van der Waals surface area contributed by atoms with Crippen LogP contribution in [0.2, 0.25) is 5.02 Å². The number of methoxy groups -OCH3 is 1. The molecule has 48 heavy (non-hydrogen) atoms. The third kappa shape index (κ3) is 8.98. The van der Waals surface area contributed by atoms with Gasteiger partial charge in [-0.1, -0.05) is 107 Å². The van der Waals surface area contributed by atoms with Crippen LogP contribution in [0.5, 0.6) is 5.75 Å². The predicted octanol–water partition coefficient (Wildman–Crippen LogP) is 7.40. The minimum Gasteiger partial charge on any atom is -0.495 e. The van der Waals surface area contributed by atoms with Crippen molar-refractivity contribution in [2.24, 2.45) is 0 Å². The summed E-state index contributed by atoms with van der Waals surface area (Å²) in [4.78, 5) is 30.5. The Bertz CT molecular complexity index is 1790. The monoisotopic (exact) mass is 751 g/mol. The average Bonchev–Trinajstić information content (AvgIpc) is 3.10. The maximum atomic E-state index is 14.7. The fourth-order valence-electron chi connectivity index (χ4n) is 5.98. The normalized spacial score (nSPS) is 14.1. The summed E-state index contributed by atoms with van der Waals surface area (Å²) in [5.74, 6) is -0.602. The Labute approximate surface area is 296 Å². The molecule has 1 fully saturated rings. The topological polar surface area (TPSA) is 96.0 Å². The second-order valence-corrected chi connectivity index (χ2v) is 15.1. The fraction of sp³-hybridized carbons (Fsp3) is 0.297. The van der Waals surface area contributed by atoms with Crippen molar-refractivity contribution >= 4 is 55.1 Å². The zero-order chi connectivity index (χ0) is 34.1. The maximum Gasteiger partial charge on any atom is 0.264 e. The van der Waals surface area contributed by atoms with E-state index in [1.807, 2.05) is 54.6 Å². The molecule has 1 aliphatic rings. The lowest BCUT2D eigenvalue weighted by atomic mass is 9.94. The van der Waals surface area contributed by atoms with Gasteiger partial charge in [0.05, 0.1) is 17.7 Å². The van der Waals surface area contributed by atoms with Crippen LogP contribution in [0.25, 0.3) is 0 Å². The Kier molecular flexibility index (Phi) is 12.2. The quantitative estimate of drug-likeness (QED) is 0.154. The van der Waals surface area contributed by atoms with Gasteiger partial charge in [0.2, 0.25) is 11.8 Å². The van der Waals surface area contributed by atoms with Gasteiger partial charge in [-0.15, -0.1) is 0 Å². The van der Waals surface area contributed by atoms with Crippen molar-refractivity contribution in [2.75, 3.05) is 18.0 Å². The van der Waals surface area contributed by atoms with Crippen molar-refractivity contribution in [3.8, 4) is 5.75 Å². The molecule has 1 aliphatic carbocycles. The van der Waals surface area contributed by atoms with Gasteiger partial charge in [-0.2, -0.15) is 0 Å². The van der Waals surface area contributed by atoms with E-state index in [1.54, 1.807) is 30.3 Å². The van der Waals surface area contributed by atoms with Crippen molar-refractivity contribution in [1.29, 1.82) is 0 Å². The van der Waals surface area contributed by atoms with Gasteiger partial charge < -0.3 is 15.0 Å². The largest absolute Gasteiger partial charge is 0.495 e. The van der Waals surface area contributed by atoms with E-state index in [-0.39, 0.29) is 46.3 Å². The molecule has 2 amide bonds. The highest BCUT2D eigenvalue weighted by Crippen LogP contribution is 2.35. The summed E-state index contributed by atoms with van der Waals surface area (Å²) >= 11 is 9.85. The molecule has 1 unspecified atom stereocenters. The summed E-state index contributed by atoms with van der Waals surface area (Å²) < 4.78 is 36.0. The van der Waals surface area contributed by atoms with E-state index >= 15 is 0 Å². The van der Waals surface area contributed by atoms with Crippen molar-refractivity contribution < 1.29 is 22.7 Å². The zero-order valence-corrected chi connectivity index (χ0v) is 29.9. The number of halogens is 2. The summed E-state index contributed by atoms with van der Waals surface area (Å²) in [5, 5.41) is 3.50. The molecule has 0 heterocycles. The number of nitrogens with zero attached hydrogens (tertiary/aromatic N) is 2. The summed E-state index contributed by atoms with van der Waals surface area (Å²) in [5.41, 5.74) is 1.77. The molecular weight excluding hydrogens is 714 g/mol. The Hall–Kier alpha value is -3.86. The predicted molar refractivity (Wildman–Crippen MR) is 193 cm³/mol. The molecule has 252 valence electrons. The summed E-state index contributed by atoms with van der Waals surface area (Å²) in [6, 6.07) is 28.6. The molecule has 0 aliphatic heterocycles. The van der Waals surface area contributed by atoms with Crippen LogP contribution in [0.1, 0.15) is 43.2 Å². The standard InChI is InChI=1S/C37H39BrClN3O5S/c1-47-35-22-21-30(39)24-33(35)42(48(45,46)32-15-9-4-10-16-32)26-36(43)41(25-28-17-19-29(38)20-18-28)34(23-27-11-5-2-6-12-27)37(44)40-31-13-7-3-8-14-31/h2,4-6,9-12,15-22,24,31,34H,3,7-8,13-14,23,25-26H2,1H3,(H,40,44). The highest BCUT2D eigenvalue weighted by atomic mass is 79.9. The second-order valence-electron chi connectivity index (χ2n) is 11.8. The Morgan fingerprint density at radius 2 is 1.54 bits per heavy atom. The Balaban J connectivity index is 1.59. The van der Waals surface area contributed by atoms with Crippen LogP contribution in [0.3, 0.4) is 0 Å². The SMILES string of the molecule is COc1ccc(Cl)cc1N(CC(=O)N(Cc1ccc(Br)cc1)C(Cc1ccccc1)C(=O)NC1CCCCC1)S(=O)(=O)c1ccccc1. The van der Waals surface area contributed by atoms with Crippen molar-refractivity contribution in [3.05, 3.63) is 124 Å². The first kappa shape index (κ1) is 35.4. The molecule has 8 nitrogen and oxygen atoms in total. The van der Waals surface area contributed by atoms with E-state index in [0.717, 1.165) is 52.0 Å². The number of hydrogen-bond acceptors (Lipinski definition) is 5. The molecule has 5 rings (SSSR count). The first-order chi connectivity index (χ1) is 23.2. The Morgan fingerprint density at radius 3 is 2.19 bits per heavy atom. The van der Waals surface area contributed by atoms with Gasteiger partial charge >= 0.3 is 0 Å². The number of carbonyl (C=O) groups excluding carboxylic acids is 2. The highest BCUT2D eigenvalue weighted by Gasteiger charge is 2.36. The smallest absolute Gasteiger partial charge is 0.264 e. The lowest BCUT2D eigenvalue weighted by molar-refractivity contribution is -0.140. The van der Waals surface area contributed by atoms with E-state index < -0.39 is 28.5 Å². The van der Waals surface area contributed by atoms with Gasteiger partial charge in [0.1, 0.15) is 18.3 Å². The fourth-order valence-corrected chi connectivity index (χ4v) is 7.84. The van der Waals surface area contributed by atoms with E-state index in [2.05, 4.69) is 21.2 Å². The Morgan fingerprint density at radius 1 is 0.896 bits per heavy atom. The molecule has 0 radical (unpaired) electrons. The van der Waals surface area contributed by atoms with Gasteiger partial charge in [0.15, 0.2) is 0 Å². The summed E-state index contributed by atoms with van der Waals surface area (Å²) in [7, 11) is -2.87. The van der Waals surface area contributed by atoms with Crippen LogP contribution in [0.4, 0.5) is 5.69 Å². The van der Waals surface area contributed by atoms with Crippen molar-refractivity contribution in [1.82, 2.24) is 10.2 Å². The second kappa shape index (κ2) is 16.5. The number of nitrogens with one attached hydrogen (secondary N) is 1. The highest BCUT2D eigenvalue weighted by molar-refractivity contribution is 9.10. The third-order valence-corrected chi connectivity index (χ3v) is 11.0. The van der Waals surface area contributed by atoms with Gasteiger partial charge in [-0.05, 0) is 66.4 Å². The number of rotatable bonds is 13. The molecule has 1 atom stereocenters. The van der Waals surface area contributed by atoms with E-state index in [0.29, 0.717) is 0 Å². The zero-order valence-electron chi connectivity index (χ0n) is 26.7. The summed E-state index contributed by atoms with van der Waals surface area (Å²) in [6.07, 6.45) is 5.19. The van der Waals surface area contributed by atoms with Crippen LogP contribution >= 0.6 is 27.5 Å². The molecule has 11 heteroatoms. The van der Waals surface area contributed by atoms with Crippen LogP contribution in [0.15, 0.2) is 112 Å². The van der Waals surface area contributed by atoms with Crippen molar-refractivity contribution in [3.63, 3.8) is 0 Å². The average molecular weight is 753 g/mol. The van der Waals surface area contributed by atoms with Crippen molar-refractivity contribution in [2.45, 2.75) is 62.0 Å². The van der Waals surface area contributed by atoms with Crippen LogP contribution < -0.4 is 14.4 Å². The number of benzene rings is 4. The molecule has 0 spiro atoms. The summed E-state index contributed by atoms with van der Waals surface area (Å²) in [6.45, 7) is -0.528. The molecule has 4 aromatic carbocycles. The number of carbonyl (C=O) groups is 2. The van der Waals surface area contributed by atoms with Gasteiger partial charge in [-0.25, -0.2) is 8.42 Å². The van der Waals surface area contributed by atoms with Crippen LogP contribution in [-0.2, 0) is 32.6 Å². The number of hydrogen-bond donors (Lipinski definition) is 1. The van der Waals surface area contributed by atoms with Gasteiger partial charge in [0, 0.05) is 28.5 Å². The molecule has 0 aromatic heterocycles. The number of sulfonamides is 1. The van der Waals surface area contributed by atoms with Crippen LogP contribution in [-0.4, -0.2) is 50.9 Å². The molecule has 4 aromatic rings. The lowest BCUT2D eigenvalue weighted by Gasteiger charge is -2.35. The van der Waals surface area contributed by atoms with Gasteiger partial charge in [0.25, 0.3) is 10.0 Å². The molecular formula is C37H39BrClN3O5S. The minimum absolute atomic E-state index is 0.00448. The van der Waals surface area contributed by atoms with E-state index in [1.165, 1.54) is 30.2 Å². The van der Waals surface area contributed by atoms with Crippen LogP contribution in [0, 0.1) is 0 Å². The first-order valence-electron chi connectivity index (χ1n) is 16.0. The van der Waals surface area contributed by atoms with E-state index in [9.17, 15) is 18.0 Å². The number of amides is 2. The molecule has 1 saturated carbocycles. The van der Waals surface area contributed by atoms with Gasteiger partial charge in [-0.3, -0.25) is 13.9 Å².